The van der Waals surface area contributed by atoms with E-state index >= 15 is 0 Å². The van der Waals surface area contributed by atoms with Crippen molar-refractivity contribution in [2.75, 3.05) is 18.0 Å². The zero-order valence-electron chi connectivity index (χ0n) is 19.0. The first-order valence-corrected chi connectivity index (χ1v) is 11.4. The number of nitrogens with zero attached hydrogens (tertiary/aromatic N) is 4. The zero-order chi connectivity index (χ0) is 24.8. The van der Waals surface area contributed by atoms with Crippen molar-refractivity contribution in [2.45, 2.75) is 32.4 Å². The van der Waals surface area contributed by atoms with Gasteiger partial charge in [0.1, 0.15) is 11.6 Å². The Kier molecular flexibility index (Phi) is 5.61. The van der Waals surface area contributed by atoms with Gasteiger partial charge in [-0.15, -0.1) is 0 Å². The van der Waals surface area contributed by atoms with Crippen molar-refractivity contribution >= 4 is 23.9 Å². The second kappa shape index (κ2) is 8.51. The molecule has 5 rings (SSSR count). The molecule has 0 bridgehead atoms. The molecule has 35 heavy (non-hydrogen) atoms. The average molecular weight is 483 g/mol. The van der Waals surface area contributed by atoms with E-state index in [1.807, 2.05) is 24.3 Å². The molecule has 0 spiro atoms. The molecule has 182 valence electrons. The summed E-state index contributed by atoms with van der Waals surface area (Å²) in [6, 6.07) is 7.46. The van der Waals surface area contributed by atoms with Crippen molar-refractivity contribution in [3.63, 3.8) is 0 Å². The summed E-state index contributed by atoms with van der Waals surface area (Å²) < 4.78 is 39.1. The molecular formula is C25H24F3N5O2. The number of aromatic amines is 1. The Morgan fingerprint density at radius 3 is 2.43 bits per heavy atom. The van der Waals surface area contributed by atoms with Crippen LogP contribution >= 0.6 is 0 Å². The minimum Gasteiger partial charge on any atom is -0.481 e. The summed E-state index contributed by atoms with van der Waals surface area (Å²) in [7, 11) is 0. The number of pyridine rings is 2. The smallest absolute Gasteiger partial charge is 0.395 e. The Hall–Kier alpha value is -3.69. The maximum atomic E-state index is 13.0. The number of aliphatic carboxylic acids is 1. The van der Waals surface area contributed by atoms with E-state index in [1.54, 1.807) is 19.3 Å². The normalized spacial score (nSPS) is 19.4. The minimum absolute atomic E-state index is 0.114. The second-order valence-corrected chi connectivity index (χ2v) is 9.33. The van der Waals surface area contributed by atoms with E-state index in [4.69, 9.17) is 0 Å². The van der Waals surface area contributed by atoms with E-state index in [9.17, 15) is 23.1 Å². The van der Waals surface area contributed by atoms with Gasteiger partial charge in [0.2, 0.25) is 0 Å². The molecule has 4 heterocycles. The third kappa shape index (κ3) is 4.52. The lowest BCUT2D eigenvalue weighted by Crippen LogP contribution is -2.43. The van der Waals surface area contributed by atoms with Crippen LogP contribution in [0.5, 0.6) is 0 Å². The monoisotopic (exact) mass is 483 g/mol. The number of nitrogens with one attached hydrogen (secondary N) is 1. The van der Waals surface area contributed by atoms with Gasteiger partial charge in [0.15, 0.2) is 0 Å². The summed E-state index contributed by atoms with van der Waals surface area (Å²) in [6.45, 7) is 3.05. The van der Waals surface area contributed by atoms with E-state index in [1.165, 1.54) is 12.2 Å². The fourth-order valence-corrected chi connectivity index (χ4v) is 4.43. The van der Waals surface area contributed by atoms with Gasteiger partial charge in [-0.3, -0.25) is 9.78 Å². The molecule has 7 nitrogen and oxygen atoms in total. The van der Waals surface area contributed by atoms with Crippen molar-refractivity contribution in [3.05, 3.63) is 47.4 Å². The Balaban J connectivity index is 1.30. The van der Waals surface area contributed by atoms with E-state index in [2.05, 4.69) is 24.8 Å². The first-order chi connectivity index (χ1) is 16.6. The van der Waals surface area contributed by atoms with Crippen LogP contribution in [-0.2, 0) is 4.79 Å². The van der Waals surface area contributed by atoms with E-state index < -0.39 is 23.5 Å². The van der Waals surface area contributed by atoms with Gasteiger partial charge in [-0.25, -0.2) is 9.97 Å². The van der Waals surface area contributed by atoms with Crippen molar-refractivity contribution in [3.8, 4) is 22.6 Å². The van der Waals surface area contributed by atoms with Gasteiger partial charge in [0, 0.05) is 36.6 Å². The molecule has 3 aromatic rings. The molecule has 0 radical (unpaired) electrons. The molecule has 1 atom stereocenters. The van der Waals surface area contributed by atoms with Crippen LogP contribution in [0, 0.1) is 11.3 Å². The molecular weight excluding hydrogens is 459 g/mol. The first-order valence-electron chi connectivity index (χ1n) is 11.4. The van der Waals surface area contributed by atoms with Crippen LogP contribution in [0.15, 0.2) is 36.7 Å². The summed E-state index contributed by atoms with van der Waals surface area (Å²) in [4.78, 5) is 30.0. The number of alkyl halides is 3. The number of imidazole rings is 1. The number of hydrogen-bond donors (Lipinski definition) is 2. The van der Waals surface area contributed by atoms with Gasteiger partial charge >= 0.3 is 12.1 Å². The number of hydrogen-bond acceptors (Lipinski definition) is 5. The Morgan fingerprint density at radius 1 is 1.11 bits per heavy atom. The Bertz CT molecular complexity index is 1360. The third-order valence-corrected chi connectivity index (χ3v) is 6.90. The lowest BCUT2D eigenvalue weighted by atomic mass is 9.80. The van der Waals surface area contributed by atoms with Crippen molar-refractivity contribution in [2.24, 2.45) is 11.3 Å². The average Bonchev–Trinajstić information content (AvgIpc) is 3.28. The first kappa shape index (κ1) is 23.1. The molecule has 1 aliphatic heterocycles. The SMILES string of the molecule is CC1(C(=O)O)CCN(c2ccc(-c3ccc(-c4nc5c([nH]4)=CC(C(F)(F)F)CC=5)cn3)cn2)CC1. The zero-order valence-corrected chi connectivity index (χ0v) is 19.0. The van der Waals surface area contributed by atoms with Crippen LogP contribution in [0.4, 0.5) is 19.0 Å². The largest absolute Gasteiger partial charge is 0.481 e. The highest BCUT2D eigenvalue weighted by Crippen LogP contribution is 2.33. The van der Waals surface area contributed by atoms with Gasteiger partial charge in [-0.1, -0.05) is 6.08 Å². The fourth-order valence-electron chi connectivity index (χ4n) is 4.43. The molecule has 0 amide bonds. The number of carboxylic acid groups (broad SMARTS) is 1. The van der Waals surface area contributed by atoms with Crippen LogP contribution in [-0.4, -0.2) is 50.3 Å². The van der Waals surface area contributed by atoms with Crippen LogP contribution in [0.1, 0.15) is 26.2 Å². The van der Waals surface area contributed by atoms with Crippen LogP contribution in [0.2, 0.25) is 0 Å². The molecule has 1 saturated heterocycles. The van der Waals surface area contributed by atoms with Crippen molar-refractivity contribution in [1.29, 1.82) is 0 Å². The molecule has 2 aliphatic rings. The summed E-state index contributed by atoms with van der Waals surface area (Å²) in [5, 5.41) is 10.3. The predicted octanol–water partition coefficient (Wildman–Crippen LogP) is 3.37. The quantitative estimate of drug-likeness (QED) is 0.591. The van der Waals surface area contributed by atoms with Gasteiger partial charge in [-0.05, 0) is 56.5 Å². The highest BCUT2D eigenvalue weighted by Gasteiger charge is 2.38. The maximum absolute atomic E-state index is 13.0. The fraction of sp³-hybridized carbons (Fsp3) is 0.360. The van der Waals surface area contributed by atoms with Crippen LogP contribution < -0.4 is 15.6 Å². The van der Waals surface area contributed by atoms with Crippen LogP contribution in [0.25, 0.3) is 34.8 Å². The molecule has 3 aromatic heterocycles. The van der Waals surface area contributed by atoms with Crippen molar-refractivity contribution in [1.82, 2.24) is 19.9 Å². The number of halogens is 3. The summed E-state index contributed by atoms with van der Waals surface area (Å²) >= 11 is 0. The summed E-state index contributed by atoms with van der Waals surface area (Å²) in [6.07, 6.45) is 2.80. The van der Waals surface area contributed by atoms with Gasteiger partial charge in [0.25, 0.3) is 0 Å². The third-order valence-electron chi connectivity index (χ3n) is 6.90. The number of carboxylic acids is 1. The van der Waals surface area contributed by atoms with Gasteiger partial charge in [0.05, 0.1) is 27.7 Å². The standard InChI is InChI=1S/C25H24F3N5O2/c1-24(23(34)35)8-10-33(11-9-24)21-7-3-15(13-30-21)18-5-2-16(14-29-18)22-31-19-6-4-17(25(26,27)28)12-20(19)32-22/h2-3,5-7,12-14,17H,4,8-11H2,1H3,(H,31,32)(H,34,35). The van der Waals surface area contributed by atoms with Gasteiger partial charge < -0.3 is 15.0 Å². The van der Waals surface area contributed by atoms with E-state index in [0.29, 0.717) is 53.7 Å². The Morgan fingerprint density at radius 2 is 1.83 bits per heavy atom. The lowest BCUT2D eigenvalue weighted by molar-refractivity contribution is -0.155. The lowest BCUT2D eigenvalue weighted by Gasteiger charge is -2.37. The molecule has 10 heteroatoms. The maximum Gasteiger partial charge on any atom is 0.395 e. The highest BCUT2D eigenvalue weighted by atomic mass is 19.4. The molecule has 2 N–H and O–H groups in total. The molecule has 1 aliphatic carbocycles. The topological polar surface area (TPSA) is 95.0 Å². The minimum atomic E-state index is -4.28. The van der Waals surface area contributed by atoms with Gasteiger partial charge in [-0.2, -0.15) is 13.2 Å². The number of H-pyrrole nitrogens is 1. The van der Waals surface area contributed by atoms with E-state index in [0.717, 1.165) is 11.4 Å². The summed E-state index contributed by atoms with van der Waals surface area (Å²) in [5.74, 6) is -1.00. The second-order valence-electron chi connectivity index (χ2n) is 9.33. The number of anilines is 1. The predicted molar refractivity (Wildman–Crippen MR) is 125 cm³/mol. The number of aromatic nitrogens is 4. The van der Waals surface area contributed by atoms with Crippen LogP contribution in [0.3, 0.4) is 0 Å². The number of piperidine rings is 1. The highest BCUT2D eigenvalue weighted by molar-refractivity contribution is 5.74. The van der Waals surface area contributed by atoms with E-state index in [-0.39, 0.29) is 6.42 Å². The summed E-state index contributed by atoms with van der Waals surface area (Å²) in [5.41, 5.74) is 1.51. The number of rotatable bonds is 4. The molecule has 0 aromatic carbocycles. The molecule has 1 unspecified atom stereocenters. The number of fused-ring (bicyclic) bond motifs is 1. The molecule has 0 saturated carbocycles. The Labute approximate surface area is 199 Å². The molecule has 1 fully saturated rings. The van der Waals surface area contributed by atoms with Crippen molar-refractivity contribution < 1.29 is 23.1 Å². The number of carbonyl (C=O) groups is 1.